The topological polar surface area (TPSA) is 99.7 Å². The summed E-state index contributed by atoms with van der Waals surface area (Å²) in [4.78, 5) is 11.9. The highest BCUT2D eigenvalue weighted by Gasteiger charge is 2.12. The second-order valence-electron chi connectivity index (χ2n) is 4.61. The van der Waals surface area contributed by atoms with E-state index in [-0.39, 0.29) is 17.1 Å². The van der Waals surface area contributed by atoms with Gasteiger partial charge in [-0.25, -0.2) is 5.43 Å². The van der Waals surface area contributed by atoms with Gasteiger partial charge in [-0.2, -0.15) is 10.2 Å². The molecule has 1 aromatic carbocycles. The third-order valence-corrected chi connectivity index (χ3v) is 3.17. The highest BCUT2D eigenvalue weighted by molar-refractivity contribution is 6.02. The van der Waals surface area contributed by atoms with Crippen LogP contribution < -0.4 is 5.43 Å². The van der Waals surface area contributed by atoms with Crippen molar-refractivity contribution >= 4 is 11.6 Å². The molecule has 0 saturated carbocycles. The maximum absolute atomic E-state index is 11.9. The molecule has 2 rings (SSSR count). The third-order valence-electron chi connectivity index (χ3n) is 3.17. The maximum atomic E-state index is 11.9. The summed E-state index contributed by atoms with van der Waals surface area (Å²) in [6, 6.07) is 3.70. The van der Waals surface area contributed by atoms with Gasteiger partial charge in [0.25, 0.3) is 5.91 Å². The number of amides is 1. The molecule has 1 heterocycles. The van der Waals surface area contributed by atoms with Gasteiger partial charge in [0, 0.05) is 18.3 Å². The van der Waals surface area contributed by atoms with Crippen molar-refractivity contribution in [2.45, 2.75) is 13.8 Å². The first-order valence-corrected chi connectivity index (χ1v) is 6.25. The molecule has 1 amide bonds. The summed E-state index contributed by atoms with van der Waals surface area (Å²) in [6.45, 7) is 3.64. The monoisotopic (exact) mass is 288 g/mol. The van der Waals surface area contributed by atoms with Crippen molar-refractivity contribution in [3.05, 3.63) is 41.2 Å². The van der Waals surface area contributed by atoms with Crippen LogP contribution in [0.5, 0.6) is 11.5 Å². The fourth-order valence-electron chi connectivity index (χ4n) is 1.81. The summed E-state index contributed by atoms with van der Waals surface area (Å²) in [6.07, 6.45) is 1.66. The van der Waals surface area contributed by atoms with E-state index in [0.29, 0.717) is 5.71 Å². The molecule has 21 heavy (non-hydrogen) atoms. The zero-order valence-electron chi connectivity index (χ0n) is 12.0. The minimum absolute atomic E-state index is 0.0468. The molecule has 0 aliphatic heterocycles. The van der Waals surface area contributed by atoms with E-state index in [1.165, 1.54) is 18.2 Å². The second kappa shape index (κ2) is 5.66. The van der Waals surface area contributed by atoms with E-state index in [2.05, 4.69) is 15.6 Å². The van der Waals surface area contributed by atoms with Crippen molar-refractivity contribution < 1.29 is 15.0 Å². The molecule has 0 radical (unpaired) electrons. The molecule has 7 nitrogen and oxygen atoms in total. The lowest BCUT2D eigenvalue weighted by atomic mass is 10.2. The Morgan fingerprint density at radius 3 is 2.67 bits per heavy atom. The lowest BCUT2D eigenvalue weighted by Gasteiger charge is -2.05. The average Bonchev–Trinajstić information content (AvgIpc) is 2.78. The van der Waals surface area contributed by atoms with Crippen molar-refractivity contribution in [1.29, 1.82) is 0 Å². The molecule has 3 N–H and O–H groups in total. The average molecular weight is 288 g/mol. The van der Waals surface area contributed by atoms with Crippen LogP contribution in [0.15, 0.2) is 29.5 Å². The van der Waals surface area contributed by atoms with Crippen LogP contribution in [-0.4, -0.2) is 31.6 Å². The summed E-state index contributed by atoms with van der Waals surface area (Å²) in [5, 5.41) is 27.0. The number of phenolic OH excluding ortho intramolecular Hbond substituents is 2. The van der Waals surface area contributed by atoms with Crippen LogP contribution in [0.4, 0.5) is 0 Å². The predicted octanol–water partition coefficient (Wildman–Crippen LogP) is 1.29. The first-order valence-electron chi connectivity index (χ1n) is 6.25. The van der Waals surface area contributed by atoms with E-state index in [1.54, 1.807) is 17.8 Å². The van der Waals surface area contributed by atoms with Gasteiger partial charge in [-0.05, 0) is 32.0 Å². The SMILES string of the molecule is C/C(=N\NC(=O)c1cc(O)ccc1O)c1cnn(C)c1C. The summed E-state index contributed by atoms with van der Waals surface area (Å²) in [5.74, 6) is -0.943. The van der Waals surface area contributed by atoms with Gasteiger partial charge in [0.15, 0.2) is 0 Å². The van der Waals surface area contributed by atoms with Gasteiger partial charge in [0.2, 0.25) is 0 Å². The minimum atomic E-state index is -0.607. The van der Waals surface area contributed by atoms with Crippen LogP contribution in [0.25, 0.3) is 0 Å². The number of carbonyl (C=O) groups is 1. The first kappa shape index (κ1) is 14.6. The second-order valence-corrected chi connectivity index (χ2v) is 4.61. The number of aromatic nitrogens is 2. The van der Waals surface area contributed by atoms with Crippen LogP contribution in [0, 0.1) is 6.92 Å². The van der Waals surface area contributed by atoms with E-state index >= 15 is 0 Å². The molecule has 0 aliphatic rings. The lowest BCUT2D eigenvalue weighted by molar-refractivity contribution is 0.0951. The molecular formula is C14H16N4O3. The van der Waals surface area contributed by atoms with Gasteiger partial charge in [0.05, 0.1) is 17.5 Å². The molecule has 0 unspecified atom stereocenters. The summed E-state index contributed by atoms with van der Waals surface area (Å²) in [5.41, 5.74) is 4.63. The summed E-state index contributed by atoms with van der Waals surface area (Å²) in [7, 11) is 1.81. The quantitative estimate of drug-likeness (QED) is 0.450. The van der Waals surface area contributed by atoms with Gasteiger partial charge >= 0.3 is 0 Å². The zero-order chi connectivity index (χ0) is 15.6. The number of rotatable bonds is 3. The molecule has 0 saturated heterocycles. The maximum Gasteiger partial charge on any atom is 0.275 e. The number of carbonyl (C=O) groups excluding carboxylic acids is 1. The van der Waals surface area contributed by atoms with Gasteiger partial charge in [-0.15, -0.1) is 0 Å². The highest BCUT2D eigenvalue weighted by Crippen LogP contribution is 2.21. The van der Waals surface area contributed by atoms with Gasteiger partial charge in [0.1, 0.15) is 11.5 Å². The molecule has 2 aromatic rings. The number of hydrogen-bond acceptors (Lipinski definition) is 5. The first-order chi connectivity index (χ1) is 9.90. The van der Waals surface area contributed by atoms with Crippen molar-refractivity contribution in [3.8, 4) is 11.5 Å². The molecule has 1 aromatic heterocycles. The molecule has 0 spiro atoms. The van der Waals surface area contributed by atoms with Crippen LogP contribution in [-0.2, 0) is 7.05 Å². The Morgan fingerprint density at radius 2 is 2.05 bits per heavy atom. The minimum Gasteiger partial charge on any atom is -0.508 e. The molecule has 0 aliphatic carbocycles. The predicted molar refractivity (Wildman–Crippen MR) is 77.4 cm³/mol. The number of phenols is 2. The Kier molecular flexibility index (Phi) is 3.93. The molecule has 0 atom stereocenters. The highest BCUT2D eigenvalue weighted by atomic mass is 16.3. The number of nitrogens with zero attached hydrogens (tertiary/aromatic N) is 3. The smallest absolute Gasteiger partial charge is 0.275 e. The number of hydrazone groups is 1. The van der Waals surface area contributed by atoms with Gasteiger partial charge < -0.3 is 10.2 Å². The molecule has 0 bridgehead atoms. The van der Waals surface area contributed by atoms with E-state index in [0.717, 1.165) is 11.3 Å². The third kappa shape index (κ3) is 3.02. The van der Waals surface area contributed by atoms with Crippen LogP contribution in [0.2, 0.25) is 0 Å². The Balaban J connectivity index is 2.18. The largest absolute Gasteiger partial charge is 0.508 e. The van der Waals surface area contributed by atoms with Crippen molar-refractivity contribution in [1.82, 2.24) is 15.2 Å². The Labute approximate surface area is 121 Å². The lowest BCUT2D eigenvalue weighted by Crippen LogP contribution is -2.19. The van der Waals surface area contributed by atoms with E-state index < -0.39 is 5.91 Å². The number of aryl methyl sites for hydroxylation is 1. The van der Waals surface area contributed by atoms with Crippen molar-refractivity contribution in [3.63, 3.8) is 0 Å². The van der Waals surface area contributed by atoms with Crippen molar-refractivity contribution in [2.75, 3.05) is 0 Å². The van der Waals surface area contributed by atoms with Gasteiger partial charge in [-0.3, -0.25) is 9.48 Å². The molecular weight excluding hydrogens is 272 g/mol. The number of hydrogen-bond donors (Lipinski definition) is 3. The number of benzene rings is 1. The van der Waals surface area contributed by atoms with Crippen molar-refractivity contribution in [2.24, 2.45) is 12.1 Å². The van der Waals surface area contributed by atoms with E-state index in [1.807, 2.05) is 14.0 Å². The normalized spacial score (nSPS) is 11.5. The molecule has 110 valence electrons. The summed E-state index contributed by atoms with van der Waals surface area (Å²) >= 11 is 0. The fraction of sp³-hybridized carbons (Fsp3) is 0.214. The molecule has 7 heteroatoms. The summed E-state index contributed by atoms with van der Waals surface area (Å²) < 4.78 is 1.71. The van der Waals surface area contributed by atoms with Gasteiger partial charge in [-0.1, -0.05) is 0 Å². The van der Waals surface area contributed by atoms with E-state index in [9.17, 15) is 15.0 Å². The van der Waals surface area contributed by atoms with E-state index in [4.69, 9.17) is 0 Å². The standard InChI is InChI=1S/C14H16N4O3/c1-8(12-7-15-18(3)9(12)2)16-17-14(21)11-6-10(19)4-5-13(11)20/h4-7,19-20H,1-3H3,(H,17,21)/b16-8+. The number of nitrogens with one attached hydrogen (secondary N) is 1. The fourth-order valence-corrected chi connectivity index (χ4v) is 1.81. The van der Waals surface area contributed by atoms with Crippen LogP contribution in [0.3, 0.4) is 0 Å². The Hall–Kier alpha value is -2.83. The van der Waals surface area contributed by atoms with Crippen LogP contribution in [0.1, 0.15) is 28.5 Å². The molecule has 0 fully saturated rings. The Morgan fingerprint density at radius 1 is 1.33 bits per heavy atom. The number of aromatic hydroxyl groups is 2. The zero-order valence-corrected chi connectivity index (χ0v) is 12.0. The van der Waals surface area contributed by atoms with Crippen LogP contribution >= 0.6 is 0 Å². The Bertz CT molecular complexity index is 719.